The third-order valence-corrected chi connectivity index (χ3v) is 0.822. The van der Waals surface area contributed by atoms with Crippen molar-refractivity contribution in [2.45, 2.75) is 6.42 Å². The van der Waals surface area contributed by atoms with Crippen LogP contribution in [0.5, 0.6) is 0 Å². The molecule has 0 aliphatic heterocycles. The molecule has 2 nitrogen and oxygen atoms in total. The van der Waals surface area contributed by atoms with Crippen molar-refractivity contribution in [2.75, 3.05) is 13.2 Å². The molecule has 0 rings (SSSR count). The second-order valence-electron chi connectivity index (χ2n) is 1.62. The standard InChI is InChI=1S/C7H13NO/c8-6-4-2-1-3-5-7-9/h1-3,5,9H,4,6-8H2/b2-1+,5-3+. The third kappa shape index (κ3) is 7.40. The molecule has 0 bridgehead atoms. The van der Waals surface area contributed by atoms with Crippen molar-refractivity contribution in [3.8, 4) is 0 Å². The molecule has 52 valence electrons. The Morgan fingerprint density at radius 2 is 1.89 bits per heavy atom. The normalized spacial score (nSPS) is 11.8. The quantitative estimate of drug-likeness (QED) is 0.538. The lowest BCUT2D eigenvalue weighted by Gasteiger charge is -1.80. The molecule has 0 aromatic carbocycles. The van der Waals surface area contributed by atoms with Gasteiger partial charge in [-0.2, -0.15) is 0 Å². The maximum absolute atomic E-state index is 8.28. The Labute approximate surface area is 55.7 Å². The zero-order chi connectivity index (χ0) is 6.95. The molecule has 9 heavy (non-hydrogen) atoms. The van der Waals surface area contributed by atoms with Gasteiger partial charge >= 0.3 is 0 Å². The van der Waals surface area contributed by atoms with Crippen LogP contribution in [-0.4, -0.2) is 18.3 Å². The van der Waals surface area contributed by atoms with E-state index in [-0.39, 0.29) is 6.61 Å². The molecule has 0 atom stereocenters. The Kier molecular flexibility index (Phi) is 6.91. The Bertz CT molecular complexity index is 97.1. The summed E-state index contributed by atoms with van der Waals surface area (Å²) in [4.78, 5) is 0. The molecule has 0 fully saturated rings. The summed E-state index contributed by atoms with van der Waals surface area (Å²) in [7, 11) is 0. The number of aliphatic hydroxyl groups is 1. The third-order valence-electron chi connectivity index (χ3n) is 0.822. The molecule has 0 aromatic rings. The predicted molar refractivity (Wildman–Crippen MR) is 39.0 cm³/mol. The van der Waals surface area contributed by atoms with Crippen LogP contribution in [0.1, 0.15) is 6.42 Å². The monoisotopic (exact) mass is 127 g/mol. The van der Waals surface area contributed by atoms with Crippen LogP contribution < -0.4 is 5.73 Å². The van der Waals surface area contributed by atoms with E-state index in [0.717, 1.165) is 6.42 Å². The van der Waals surface area contributed by atoms with Gasteiger partial charge in [0.2, 0.25) is 0 Å². The number of nitrogens with two attached hydrogens (primary N) is 1. The van der Waals surface area contributed by atoms with Gasteiger partial charge in [0.25, 0.3) is 0 Å². The van der Waals surface area contributed by atoms with Crippen LogP contribution in [0, 0.1) is 0 Å². The number of rotatable bonds is 4. The fraction of sp³-hybridized carbons (Fsp3) is 0.429. The molecule has 0 heterocycles. The van der Waals surface area contributed by atoms with E-state index in [9.17, 15) is 0 Å². The zero-order valence-corrected chi connectivity index (χ0v) is 5.46. The first-order valence-corrected chi connectivity index (χ1v) is 3.04. The molecule has 0 saturated carbocycles. The minimum Gasteiger partial charge on any atom is -0.392 e. The topological polar surface area (TPSA) is 46.2 Å². The predicted octanol–water partition coefficient (Wildman–Crippen LogP) is 0.440. The fourth-order valence-corrected chi connectivity index (χ4v) is 0.410. The van der Waals surface area contributed by atoms with Crippen LogP contribution in [0.15, 0.2) is 24.3 Å². The first-order chi connectivity index (χ1) is 4.41. The minimum atomic E-state index is 0.104. The maximum Gasteiger partial charge on any atom is 0.0615 e. The van der Waals surface area contributed by atoms with Gasteiger partial charge in [-0.1, -0.05) is 24.3 Å². The average molecular weight is 127 g/mol. The van der Waals surface area contributed by atoms with Crippen molar-refractivity contribution in [1.29, 1.82) is 0 Å². The highest BCUT2D eigenvalue weighted by atomic mass is 16.2. The van der Waals surface area contributed by atoms with E-state index in [1.54, 1.807) is 12.2 Å². The Morgan fingerprint density at radius 3 is 2.44 bits per heavy atom. The van der Waals surface area contributed by atoms with Crippen LogP contribution >= 0.6 is 0 Å². The highest BCUT2D eigenvalue weighted by molar-refractivity contribution is 5.02. The lowest BCUT2D eigenvalue weighted by molar-refractivity contribution is 0.343. The van der Waals surface area contributed by atoms with Gasteiger partial charge in [0, 0.05) is 0 Å². The summed E-state index contributed by atoms with van der Waals surface area (Å²) in [6.45, 7) is 0.788. The molecule has 0 spiro atoms. The minimum absolute atomic E-state index is 0.104. The van der Waals surface area contributed by atoms with Gasteiger partial charge in [-0.25, -0.2) is 0 Å². The van der Waals surface area contributed by atoms with Gasteiger partial charge in [0.15, 0.2) is 0 Å². The second-order valence-corrected chi connectivity index (χ2v) is 1.62. The molecule has 3 N–H and O–H groups in total. The summed E-state index contributed by atoms with van der Waals surface area (Å²) >= 11 is 0. The highest BCUT2D eigenvalue weighted by Crippen LogP contribution is 1.80. The van der Waals surface area contributed by atoms with Crippen LogP contribution in [0.4, 0.5) is 0 Å². The first kappa shape index (κ1) is 8.40. The van der Waals surface area contributed by atoms with Crippen molar-refractivity contribution in [1.82, 2.24) is 0 Å². The molecular formula is C7H13NO. The van der Waals surface area contributed by atoms with Crippen molar-refractivity contribution in [2.24, 2.45) is 5.73 Å². The van der Waals surface area contributed by atoms with E-state index in [1.807, 2.05) is 12.2 Å². The van der Waals surface area contributed by atoms with Crippen molar-refractivity contribution in [3.05, 3.63) is 24.3 Å². The Hall–Kier alpha value is -0.600. The summed E-state index contributed by atoms with van der Waals surface area (Å²) in [6.07, 6.45) is 8.22. The smallest absolute Gasteiger partial charge is 0.0615 e. The molecule has 0 aliphatic rings. The van der Waals surface area contributed by atoms with E-state index in [2.05, 4.69) is 0 Å². The number of allylic oxidation sites excluding steroid dienone is 2. The van der Waals surface area contributed by atoms with Gasteiger partial charge in [-0.05, 0) is 13.0 Å². The molecule has 0 unspecified atom stereocenters. The summed E-state index contributed by atoms with van der Waals surface area (Å²) < 4.78 is 0. The van der Waals surface area contributed by atoms with Gasteiger partial charge in [0.05, 0.1) is 6.61 Å². The first-order valence-electron chi connectivity index (χ1n) is 3.04. The SMILES string of the molecule is NCC/C=C/C=C/CO. The number of hydrogen-bond donors (Lipinski definition) is 2. The highest BCUT2D eigenvalue weighted by Gasteiger charge is 1.68. The second kappa shape index (κ2) is 7.40. The van der Waals surface area contributed by atoms with E-state index in [4.69, 9.17) is 10.8 Å². The molecule has 0 radical (unpaired) electrons. The maximum atomic E-state index is 8.28. The van der Waals surface area contributed by atoms with Crippen molar-refractivity contribution < 1.29 is 5.11 Å². The van der Waals surface area contributed by atoms with Gasteiger partial charge in [-0.15, -0.1) is 0 Å². The lowest BCUT2D eigenvalue weighted by Crippen LogP contribution is -1.94. The molecule has 0 aromatic heterocycles. The van der Waals surface area contributed by atoms with E-state index < -0.39 is 0 Å². The fourth-order valence-electron chi connectivity index (χ4n) is 0.410. The zero-order valence-electron chi connectivity index (χ0n) is 5.46. The number of aliphatic hydroxyl groups excluding tert-OH is 1. The van der Waals surface area contributed by atoms with Crippen LogP contribution in [-0.2, 0) is 0 Å². The van der Waals surface area contributed by atoms with E-state index >= 15 is 0 Å². The van der Waals surface area contributed by atoms with Crippen LogP contribution in [0.3, 0.4) is 0 Å². The molecule has 0 aliphatic carbocycles. The molecular weight excluding hydrogens is 114 g/mol. The van der Waals surface area contributed by atoms with Gasteiger partial charge < -0.3 is 10.8 Å². The van der Waals surface area contributed by atoms with E-state index in [1.165, 1.54) is 0 Å². The van der Waals surface area contributed by atoms with Crippen LogP contribution in [0.2, 0.25) is 0 Å². The van der Waals surface area contributed by atoms with Gasteiger partial charge in [0.1, 0.15) is 0 Å². The summed E-state index contributed by atoms with van der Waals surface area (Å²) in [5.74, 6) is 0. The Balaban J connectivity index is 3.13. The molecule has 0 saturated heterocycles. The van der Waals surface area contributed by atoms with Crippen LogP contribution in [0.25, 0.3) is 0 Å². The summed E-state index contributed by atoms with van der Waals surface area (Å²) in [5.41, 5.74) is 5.22. The average Bonchev–Trinajstić information content (AvgIpc) is 1.89. The summed E-state index contributed by atoms with van der Waals surface area (Å²) in [6, 6.07) is 0. The van der Waals surface area contributed by atoms with Gasteiger partial charge in [-0.3, -0.25) is 0 Å². The van der Waals surface area contributed by atoms with Crippen molar-refractivity contribution >= 4 is 0 Å². The number of hydrogen-bond acceptors (Lipinski definition) is 2. The van der Waals surface area contributed by atoms with E-state index in [0.29, 0.717) is 6.54 Å². The Morgan fingerprint density at radius 1 is 1.22 bits per heavy atom. The molecule has 2 heteroatoms. The summed E-state index contributed by atoms with van der Waals surface area (Å²) in [5, 5.41) is 8.28. The van der Waals surface area contributed by atoms with Crippen molar-refractivity contribution in [3.63, 3.8) is 0 Å². The largest absolute Gasteiger partial charge is 0.392 e. The molecule has 0 amide bonds. The lowest BCUT2D eigenvalue weighted by atomic mass is 10.3.